The number of carboxylic acid groups (broad SMARTS) is 1. The standard InChI is InChI=1S/C6H12O7.Na/c7-1-2(8)3(9)4(10)5(11)6(12)13;/h2-5,7-11H,1H2,(H,12,13);/t2-,3+,4-,5-;/m0./s1. The summed E-state index contributed by atoms with van der Waals surface area (Å²) in [6, 6.07) is 0. The third-order valence-electron chi connectivity index (χ3n) is 1.51. The predicted octanol–water partition coefficient (Wildman–Crippen LogP) is -3.87. The van der Waals surface area contributed by atoms with E-state index in [0.29, 0.717) is 0 Å². The summed E-state index contributed by atoms with van der Waals surface area (Å²) in [4.78, 5) is 10.1. The summed E-state index contributed by atoms with van der Waals surface area (Å²) in [6.07, 6.45) is -7.84. The van der Waals surface area contributed by atoms with Crippen LogP contribution in [-0.2, 0) is 4.79 Å². The van der Waals surface area contributed by atoms with Gasteiger partial charge in [0.15, 0.2) is 6.10 Å². The van der Waals surface area contributed by atoms with Crippen LogP contribution < -0.4 is 0 Å². The summed E-state index contributed by atoms with van der Waals surface area (Å²) in [5, 5.41) is 51.8. The van der Waals surface area contributed by atoms with Gasteiger partial charge in [0.1, 0.15) is 18.3 Å². The van der Waals surface area contributed by atoms with Crippen molar-refractivity contribution in [3.63, 3.8) is 0 Å². The molecule has 0 spiro atoms. The molecule has 7 nitrogen and oxygen atoms in total. The molecule has 0 aromatic rings. The van der Waals surface area contributed by atoms with E-state index in [-0.39, 0.29) is 29.6 Å². The minimum atomic E-state index is -2.20. The quantitative estimate of drug-likeness (QED) is 0.260. The van der Waals surface area contributed by atoms with Crippen molar-refractivity contribution >= 4 is 35.5 Å². The van der Waals surface area contributed by atoms with Gasteiger partial charge >= 0.3 is 5.97 Å². The van der Waals surface area contributed by atoms with Crippen LogP contribution in [0.3, 0.4) is 0 Å². The van der Waals surface area contributed by atoms with Crippen molar-refractivity contribution in [2.24, 2.45) is 0 Å². The fourth-order valence-corrected chi connectivity index (χ4v) is 0.668. The topological polar surface area (TPSA) is 138 Å². The van der Waals surface area contributed by atoms with E-state index < -0.39 is 37.0 Å². The Morgan fingerprint density at radius 2 is 1.50 bits per heavy atom. The van der Waals surface area contributed by atoms with Gasteiger partial charge in [-0.15, -0.1) is 0 Å². The fourth-order valence-electron chi connectivity index (χ4n) is 0.668. The maximum Gasteiger partial charge on any atom is 0.335 e. The van der Waals surface area contributed by atoms with Gasteiger partial charge in [0, 0.05) is 29.6 Å². The number of aliphatic hydroxyl groups excluding tert-OH is 5. The summed E-state index contributed by atoms with van der Waals surface area (Å²) in [7, 11) is 0. The Morgan fingerprint density at radius 1 is 1.07 bits per heavy atom. The van der Waals surface area contributed by atoms with Crippen LogP contribution in [0.25, 0.3) is 0 Å². The van der Waals surface area contributed by atoms with Gasteiger partial charge < -0.3 is 30.6 Å². The van der Waals surface area contributed by atoms with Crippen molar-refractivity contribution in [2.45, 2.75) is 24.4 Å². The Morgan fingerprint density at radius 3 is 1.79 bits per heavy atom. The van der Waals surface area contributed by atoms with Gasteiger partial charge in [0.2, 0.25) is 0 Å². The molecule has 0 heterocycles. The van der Waals surface area contributed by atoms with Crippen LogP contribution in [0.4, 0.5) is 0 Å². The van der Waals surface area contributed by atoms with Crippen LogP contribution in [0, 0.1) is 0 Å². The Hall–Kier alpha value is 0.270. The molecule has 0 fully saturated rings. The van der Waals surface area contributed by atoms with Crippen LogP contribution >= 0.6 is 0 Å². The van der Waals surface area contributed by atoms with E-state index in [1.807, 2.05) is 0 Å². The molecule has 0 saturated carbocycles. The van der Waals surface area contributed by atoms with Crippen molar-refractivity contribution in [2.75, 3.05) is 6.61 Å². The van der Waals surface area contributed by atoms with Gasteiger partial charge in [0.05, 0.1) is 6.61 Å². The van der Waals surface area contributed by atoms with Gasteiger partial charge in [-0.2, -0.15) is 0 Å². The van der Waals surface area contributed by atoms with Crippen LogP contribution in [0.5, 0.6) is 0 Å². The minimum absolute atomic E-state index is 0. The van der Waals surface area contributed by atoms with Crippen molar-refractivity contribution in [1.29, 1.82) is 0 Å². The third kappa shape index (κ3) is 4.67. The van der Waals surface area contributed by atoms with E-state index in [0.717, 1.165) is 0 Å². The van der Waals surface area contributed by atoms with Gasteiger partial charge in [-0.3, -0.25) is 0 Å². The minimum Gasteiger partial charge on any atom is -0.479 e. The molecule has 14 heavy (non-hydrogen) atoms. The molecule has 0 saturated heterocycles. The van der Waals surface area contributed by atoms with E-state index in [9.17, 15) is 4.79 Å². The molecule has 8 heteroatoms. The number of aliphatic carboxylic acids is 1. The zero-order chi connectivity index (χ0) is 10.6. The summed E-state index contributed by atoms with van der Waals surface area (Å²) >= 11 is 0. The van der Waals surface area contributed by atoms with E-state index >= 15 is 0 Å². The van der Waals surface area contributed by atoms with E-state index in [1.54, 1.807) is 0 Å². The molecule has 0 bridgehead atoms. The first kappa shape index (κ1) is 16.7. The molecule has 79 valence electrons. The molecule has 0 rings (SSSR count). The number of hydrogen-bond donors (Lipinski definition) is 6. The maximum absolute atomic E-state index is 10.1. The molecule has 0 aliphatic carbocycles. The van der Waals surface area contributed by atoms with E-state index in [4.69, 9.17) is 30.6 Å². The second-order valence-electron chi connectivity index (χ2n) is 2.51. The maximum atomic E-state index is 10.1. The number of carbonyl (C=O) groups is 1. The SMILES string of the molecule is O=C(O)[C@@H](O)[C@@H](O)[C@H](O)[C@@H](O)CO.[Na]. The van der Waals surface area contributed by atoms with Gasteiger partial charge in [-0.1, -0.05) is 0 Å². The van der Waals surface area contributed by atoms with E-state index in [1.165, 1.54) is 0 Å². The van der Waals surface area contributed by atoms with Crippen LogP contribution in [0.1, 0.15) is 0 Å². The molecule has 0 aromatic heterocycles. The molecular formula is C6H12NaO7. The molecule has 0 aromatic carbocycles. The summed E-state index contributed by atoms with van der Waals surface area (Å²) in [6.45, 7) is -0.843. The van der Waals surface area contributed by atoms with E-state index in [2.05, 4.69) is 0 Å². The van der Waals surface area contributed by atoms with Gasteiger partial charge in [-0.25, -0.2) is 4.79 Å². The van der Waals surface area contributed by atoms with Crippen molar-refractivity contribution < 1.29 is 35.4 Å². The third-order valence-corrected chi connectivity index (χ3v) is 1.51. The van der Waals surface area contributed by atoms with Crippen LogP contribution in [0.2, 0.25) is 0 Å². The normalized spacial score (nSPS) is 18.9. The number of carboxylic acids is 1. The average molecular weight is 219 g/mol. The number of aliphatic hydroxyl groups is 5. The summed E-state index contributed by atoms with van der Waals surface area (Å²) in [5.41, 5.74) is 0. The first-order valence-electron chi connectivity index (χ1n) is 3.47. The van der Waals surface area contributed by atoms with Gasteiger partial charge in [0.25, 0.3) is 0 Å². The largest absolute Gasteiger partial charge is 0.479 e. The van der Waals surface area contributed by atoms with Crippen LogP contribution in [-0.4, -0.2) is 97.2 Å². The Balaban J connectivity index is 0. The number of rotatable bonds is 5. The van der Waals surface area contributed by atoms with Crippen molar-refractivity contribution in [3.05, 3.63) is 0 Å². The smallest absolute Gasteiger partial charge is 0.335 e. The first-order chi connectivity index (χ1) is 5.91. The molecule has 1 radical (unpaired) electrons. The first-order valence-corrected chi connectivity index (χ1v) is 3.47. The van der Waals surface area contributed by atoms with Crippen LogP contribution in [0.15, 0.2) is 0 Å². The monoisotopic (exact) mass is 219 g/mol. The zero-order valence-electron chi connectivity index (χ0n) is 7.61. The summed E-state index contributed by atoms with van der Waals surface area (Å²) in [5.74, 6) is -1.73. The Kier molecular flexibility index (Phi) is 9.00. The molecule has 0 aliphatic rings. The molecule has 0 aliphatic heterocycles. The Bertz CT molecular complexity index is 176. The fraction of sp³-hybridized carbons (Fsp3) is 0.833. The molecule has 6 N–H and O–H groups in total. The van der Waals surface area contributed by atoms with Gasteiger partial charge in [-0.05, 0) is 0 Å². The molecule has 4 atom stereocenters. The van der Waals surface area contributed by atoms with Crippen molar-refractivity contribution in [3.8, 4) is 0 Å². The molecule has 0 unspecified atom stereocenters. The Labute approximate surface area is 102 Å². The zero-order valence-corrected chi connectivity index (χ0v) is 9.61. The second kappa shape index (κ2) is 7.55. The average Bonchev–Trinajstić information content (AvgIpc) is 2.12. The molecule has 0 amide bonds. The summed E-state index contributed by atoms with van der Waals surface area (Å²) < 4.78 is 0. The predicted molar refractivity (Wildman–Crippen MR) is 44.5 cm³/mol. The number of hydrogen-bond acceptors (Lipinski definition) is 6. The second-order valence-corrected chi connectivity index (χ2v) is 2.51. The molecular weight excluding hydrogens is 207 g/mol. The van der Waals surface area contributed by atoms with Crippen molar-refractivity contribution in [1.82, 2.24) is 0 Å².